The Morgan fingerprint density at radius 1 is 0.450 bits per heavy atom. The minimum absolute atomic E-state index is 0.194. The minimum atomic E-state index is -1.56. The number of aliphatic hydroxyl groups is 1. The lowest BCUT2D eigenvalue weighted by atomic mass is 9.91. The molecule has 0 fully saturated rings. The zero-order chi connectivity index (χ0) is 16.2. The average Bonchev–Trinajstić information content (AvgIpc) is 2.18. The van der Waals surface area contributed by atoms with E-state index in [4.69, 9.17) is 0 Å². The molecule has 0 rings (SSSR count). The van der Waals surface area contributed by atoms with Crippen molar-refractivity contribution in [2.24, 2.45) is 16.2 Å². The van der Waals surface area contributed by atoms with Crippen LogP contribution in [0.25, 0.3) is 0 Å². The van der Waals surface area contributed by atoms with Gasteiger partial charge in [0.15, 0.2) is 0 Å². The van der Waals surface area contributed by atoms with E-state index in [2.05, 4.69) is 35.5 Å². The second-order valence-electron chi connectivity index (χ2n) is 8.21. The molecule has 0 saturated carbocycles. The van der Waals surface area contributed by atoms with E-state index in [0.717, 1.165) is 0 Å². The Hall–Kier alpha value is -1.36. The normalized spacial score (nSPS) is 12.3. The van der Waals surface area contributed by atoms with Crippen LogP contribution in [-0.4, -0.2) is 10.7 Å². The van der Waals surface area contributed by atoms with Gasteiger partial charge >= 0.3 is 0 Å². The summed E-state index contributed by atoms with van der Waals surface area (Å²) < 4.78 is 0. The fourth-order valence-electron chi connectivity index (χ4n) is 0.928. The van der Waals surface area contributed by atoms with Crippen LogP contribution in [0.5, 0.6) is 0 Å². The molecule has 0 aliphatic heterocycles. The molecule has 0 aromatic carbocycles. The van der Waals surface area contributed by atoms with Gasteiger partial charge in [-0.1, -0.05) is 17.8 Å². The van der Waals surface area contributed by atoms with Crippen LogP contribution in [0.2, 0.25) is 0 Å². The van der Waals surface area contributed by atoms with Crippen molar-refractivity contribution >= 4 is 0 Å². The SMILES string of the molecule is CC(C)(C)C#CC(O)(C#CC(C)(C)C)C#CC(C)(C)C. The molecule has 0 saturated heterocycles. The molecule has 0 heterocycles. The standard InChI is InChI=1S/C19H28O/c1-16(2,3)10-13-19(20,14-11-17(4,5)6)15-12-18(7,8)9/h20H,1-9H3. The summed E-state index contributed by atoms with van der Waals surface area (Å²) in [7, 11) is 0. The van der Waals surface area contributed by atoms with Crippen LogP contribution in [0.1, 0.15) is 62.3 Å². The molecule has 1 heteroatoms. The van der Waals surface area contributed by atoms with Crippen LogP contribution in [-0.2, 0) is 0 Å². The van der Waals surface area contributed by atoms with Crippen molar-refractivity contribution in [3.05, 3.63) is 0 Å². The molecule has 0 unspecified atom stereocenters. The van der Waals surface area contributed by atoms with Crippen LogP contribution in [0, 0.1) is 51.8 Å². The van der Waals surface area contributed by atoms with Crippen LogP contribution >= 0.6 is 0 Å². The van der Waals surface area contributed by atoms with E-state index >= 15 is 0 Å². The summed E-state index contributed by atoms with van der Waals surface area (Å²) in [6.45, 7) is 18.0. The van der Waals surface area contributed by atoms with Crippen molar-refractivity contribution in [1.82, 2.24) is 0 Å². The summed E-state index contributed by atoms with van der Waals surface area (Å²) >= 11 is 0. The maximum atomic E-state index is 10.6. The first-order valence-electron chi connectivity index (χ1n) is 6.97. The quantitative estimate of drug-likeness (QED) is 0.664. The van der Waals surface area contributed by atoms with Crippen molar-refractivity contribution in [2.45, 2.75) is 67.9 Å². The summed E-state index contributed by atoms with van der Waals surface area (Å²) in [6.07, 6.45) is 0. The Labute approximate surface area is 125 Å². The van der Waals surface area contributed by atoms with E-state index in [1.807, 2.05) is 62.3 Å². The second kappa shape index (κ2) is 5.95. The Morgan fingerprint density at radius 3 is 0.800 bits per heavy atom. The van der Waals surface area contributed by atoms with E-state index in [-0.39, 0.29) is 16.2 Å². The van der Waals surface area contributed by atoms with E-state index in [9.17, 15) is 5.11 Å². The van der Waals surface area contributed by atoms with Gasteiger partial charge in [0, 0.05) is 16.2 Å². The van der Waals surface area contributed by atoms with Gasteiger partial charge in [0.2, 0.25) is 0 Å². The smallest absolute Gasteiger partial charge is 0.251 e. The molecule has 0 bridgehead atoms. The predicted molar refractivity (Wildman–Crippen MR) is 86.6 cm³/mol. The minimum Gasteiger partial charge on any atom is -0.357 e. The Kier molecular flexibility index (Phi) is 5.55. The van der Waals surface area contributed by atoms with Crippen molar-refractivity contribution < 1.29 is 5.11 Å². The van der Waals surface area contributed by atoms with E-state index < -0.39 is 5.60 Å². The molecule has 110 valence electrons. The van der Waals surface area contributed by atoms with Gasteiger partial charge in [0.05, 0.1) is 0 Å². The zero-order valence-electron chi connectivity index (χ0n) is 14.4. The Bertz CT molecular complexity index is 432. The average molecular weight is 272 g/mol. The highest BCUT2D eigenvalue weighted by atomic mass is 16.3. The lowest BCUT2D eigenvalue weighted by molar-refractivity contribution is 0.222. The number of hydrogen-bond donors (Lipinski definition) is 1. The summed E-state index contributed by atoms with van der Waals surface area (Å²) in [5, 5.41) is 10.6. The van der Waals surface area contributed by atoms with Gasteiger partial charge in [-0.15, -0.1) is 0 Å². The van der Waals surface area contributed by atoms with E-state index in [1.165, 1.54) is 0 Å². The molecule has 20 heavy (non-hydrogen) atoms. The first kappa shape index (κ1) is 18.6. The van der Waals surface area contributed by atoms with Crippen LogP contribution in [0.3, 0.4) is 0 Å². The highest BCUT2D eigenvalue weighted by molar-refractivity contribution is 5.43. The van der Waals surface area contributed by atoms with E-state index in [1.54, 1.807) is 0 Å². The molecule has 0 aliphatic carbocycles. The zero-order valence-corrected chi connectivity index (χ0v) is 14.4. The fourth-order valence-corrected chi connectivity index (χ4v) is 0.928. The molecular formula is C19H28O. The molecule has 1 N–H and O–H groups in total. The molecule has 0 amide bonds. The number of rotatable bonds is 0. The predicted octanol–water partition coefficient (Wildman–Crippen LogP) is 3.87. The van der Waals surface area contributed by atoms with Gasteiger partial charge in [-0.25, -0.2) is 0 Å². The van der Waals surface area contributed by atoms with Gasteiger partial charge in [0.25, 0.3) is 5.60 Å². The lowest BCUT2D eigenvalue weighted by Crippen LogP contribution is -2.24. The first-order chi connectivity index (χ1) is 8.62. The third kappa shape index (κ3) is 10.6. The van der Waals surface area contributed by atoms with Crippen LogP contribution in [0.4, 0.5) is 0 Å². The van der Waals surface area contributed by atoms with Crippen LogP contribution < -0.4 is 0 Å². The molecule has 0 aliphatic rings. The molecular weight excluding hydrogens is 244 g/mol. The van der Waals surface area contributed by atoms with Crippen molar-refractivity contribution in [3.63, 3.8) is 0 Å². The Morgan fingerprint density at radius 2 is 0.650 bits per heavy atom. The number of hydrogen-bond acceptors (Lipinski definition) is 1. The van der Waals surface area contributed by atoms with Gasteiger partial charge in [-0.2, -0.15) is 0 Å². The Balaban J connectivity index is 5.71. The van der Waals surface area contributed by atoms with Gasteiger partial charge in [0.1, 0.15) is 0 Å². The fraction of sp³-hybridized carbons (Fsp3) is 0.684. The van der Waals surface area contributed by atoms with Crippen molar-refractivity contribution in [3.8, 4) is 35.5 Å². The van der Waals surface area contributed by atoms with Crippen molar-refractivity contribution in [2.75, 3.05) is 0 Å². The largest absolute Gasteiger partial charge is 0.357 e. The third-order valence-electron chi connectivity index (χ3n) is 1.86. The van der Waals surface area contributed by atoms with Gasteiger partial charge < -0.3 is 5.11 Å². The highest BCUT2D eigenvalue weighted by Crippen LogP contribution is 2.16. The molecule has 0 aromatic heterocycles. The van der Waals surface area contributed by atoms with Gasteiger partial charge in [-0.3, -0.25) is 0 Å². The summed E-state index contributed by atoms with van der Waals surface area (Å²) in [4.78, 5) is 0. The van der Waals surface area contributed by atoms with Crippen molar-refractivity contribution in [1.29, 1.82) is 0 Å². The maximum Gasteiger partial charge on any atom is 0.251 e. The maximum absolute atomic E-state index is 10.6. The lowest BCUT2D eigenvalue weighted by Gasteiger charge is -2.15. The third-order valence-corrected chi connectivity index (χ3v) is 1.86. The highest BCUT2D eigenvalue weighted by Gasteiger charge is 2.21. The first-order valence-corrected chi connectivity index (χ1v) is 6.97. The molecule has 0 spiro atoms. The molecule has 0 radical (unpaired) electrons. The van der Waals surface area contributed by atoms with E-state index in [0.29, 0.717) is 0 Å². The molecule has 0 atom stereocenters. The topological polar surface area (TPSA) is 20.2 Å². The van der Waals surface area contributed by atoms with Gasteiger partial charge in [-0.05, 0) is 80.1 Å². The summed E-state index contributed by atoms with van der Waals surface area (Å²) in [5.74, 6) is 17.6. The van der Waals surface area contributed by atoms with Crippen LogP contribution in [0.15, 0.2) is 0 Å². The summed E-state index contributed by atoms with van der Waals surface area (Å²) in [5.41, 5.74) is -2.14. The summed E-state index contributed by atoms with van der Waals surface area (Å²) in [6, 6.07) is 0. The second-order valence-corrected chi connectivity index (χ2v) is 8.21. The molecule has 0 aromatic rings. The monoisotopic (exact) mass is 272 g/mol. The molecule has 1 nitrogen and oxygen atoms in total.